The van der Waals surface area contributed by atoms with Crippen molar-refractivity contribution in [2.45, 2.75) is 20.4 Å². The second kappa shape index (κ2) is 10.7. The highest BCUT2D eigenvalue weighted by atomic mass is 32.2. The van der Waals surface area contributed by atoms with Gasteiger partial charge in [-0.2, -0.15) is 0 Å². The van der Waals surface area contributed by atoms with Gasteiger partial charge in [0.25, 0.3) is 11.8 Å². The predicted molar refractivity (Wildman–Crippen MR) is 148 cm³/mol. The molecule has 2 aliphatic rings. The van der Waals surface area contributed by atoms with Gasteiger partial charge in [-0.1, -0.05) is 48.2 Å². The minimum atomic E-state index is -0.250. The van der Waals surface area contributed by atoms with Gasteiger partial charge < -0.3 is 19.5 Å². The number of nitrogens with one attached hydrogen (secondary N) is 1. The average molecular weight is 533 g/mol. The third-order valence-corrected chi connectivity index (χ3v) is 7.06. The molecule has 3 aromatic carbocycles. The van der Waals surface area contributed by atoms with Crippen molar-refractivity contribution in [2.75, 3.05) is 18.7 Å². The predicted octanol–water partition coefficient (Wildman–Crippen LogP) is 5.45. The zero-order valence-corrected chi connectivity index (χ0v) is 21.9. The summed E-state index contributed by atoms with van der Waals surface area (Å²) in [6.45, 7) is 4.37. The molecular formula is C28H24N2O5S2. The molecule has 2 heterocycles. The first-order chi connectivity index (χ1) is 17.8. The van der Waals surface area contributed by atoms with Crippen molar-refractivity contribution >= 4 is 51.9 Å². The van der Waals surface area contributed by atoms with Crippen LogP contribution in [0.2, 0.25) is 0 Å². The monoisotopic (exact) mass is 532 g/mol. The van der Waals surface area contributed by atoms with Gasteiger partial charge in [0.1, 0.15) is 10.1 Å². The van der Waals surface area contributed by atoms with Gasteiger partial charge in [-0.15, -0.1) is 0 Å². The fourth-order valence-corrected chi connectivity index (χ4v) is 5.35. The molecule has 2 amide bonds. The molecule has 0 spiro atoms. The molecule has 0 aromatic heterocycles. The van der Waals surface area contributed by atoms with Crippen molar-refractivity contribution < 1.29 is 23.8 Å². The van der Waals surface area contributed by atoms with E-state index in [1.807, 2.05) is 62.4 Å². The zero-order chi connectivity index (χ0) is 25.9. The first-order valence-corrected chi connectivity index (χ1v) is 12.8. The van der Waals surface area contributed by atoms with Gasteiger partial charge >= 0.3 is 0 Å². The summed E-state index contributed by atoms with van der Waals surface area (Å²) in [6.07, 6.45) is 1.78. The van der Waals surface area contributed by atoms with Crippen molar-refractivity contribution in [2.24, 2.45) is 0 Å². The third kappa shape index (κ3) is 5.95. The number of thiocarbonyl (C=S) groups is 1. The Morgan fingerprint density at radius 3 is 2.68 bits per heavy atom. The van der Waals surface area contributed by atoms with Crippen LogP contribution in [0.1, 0.15) is 22.3 Å². The van der Waals surface area contributed by atoms with E-state index in [1.54, 1.807) is 23.1 Å². The first-order valence-electron chi connectivity index (χ1n) is 11.6. The van der Waals surface area contributed by atoms with Gasteiger partial charge in [-0.25, -0.2) is 0 Å². The van der Waals surface area contributed by atoms with Gasteiger partial charge in [-0.3, -0.25) is 14.5 Å². The Bertz CT molecular complexity index is 1420. The van der Waals surface area contributed by atoms with Gasteiger partial charge in [0.2, 0.25) is 6.79 Å². The Hall–Kier alpha value is -3.82. The minimum absolute atomic E-state index is 0.131. The lowest BCUT2D eigenvalue weighted by atomic mass is 10.1. The van der Waals surface area contributed by atoms with E-state index in [-0.39, 0.29) is 25.2 Å². The number of rotatable bonds is 7. The Morgan fingerprint density at radius 1 is 1.08 bits per heavy atom. The summed E-state index contributed by atoms with van der Waals surface area (Å²) in [6, 6.07) is 18.7. The number of hydrogen-bond donors (Lipinski definition) is 1. The number of fused-ring (bicyclic) bond motifs is 1. The van der Waals surface area contributed by atoms with E-state index in [4.69, 9.17) is 26.4 Å². The van der Waals surface area contributed by atoms with Gasteiger partial charge in [0.15, 0.2) is 18.1 Å². The second-order valence-corrected chi connectivity index (χ2v) is 10.4. The molecule has 5 rings (SSSR count). The number of benzene rings is 3. The first kappa shape index (κ1) is 24.9. The molecule has 3 aromatic rings. The highest BCUT2D eigenvalue weighted by Gasteiger charge is 2.32. The molecule has 188 valence electrons. The molecule has 0 bridgehead atoms. The molecule has 1 N–H and O–H groups in total. The summed E-state index contributed by atoms with van der Waals surface area (Å²) in [5.74, 6) is 1.48. The van der Waals surface area contributed by atoms with Crippen molar-refractivity contribution in [3.63, 3.8) is 0 Å². The molecule has 1 saturated heterocycles. The molecule has 9 heteroatoms. The molecule has 7 nitrogen and oxygen atoms in total. The van der Waals surface area contributed by atoms with Crippen LogP contribution in [0.3, 0.4) is 0 Å². The van der Waals surface area contributed by atoms with Crippen LogP contribution in [0.15, 0.2) is 65.6 Å². The van der Waals surface area contributed by atoms with Crippen molar-refractivity contribution in [1.82, 2.24) is 4.90 Å². The largest absolute Gasteiger partial charge is 0.484 e. The van der Waals surface area contributed by atoms with Crippen LogP contribution in [0.5, 0.6) is 17.2 Å². The van der Waals surface area contributed by atoms with Gasteiger partial charge in [0, 0.05) is 5.69 Å². The fourth-order valence-electron chi connectivity index (χ4n) is 4.10. The van der Waals surface area contributed by atoms with Crippen LogP contribution in [-0.2, 0) is 16.1 Å². The van der Waals surface area contributed by atoms with E-state index in [0.29, 0.717) is 33.0 Å². The maximum Gasteiger partial charge on any atom is 0.266 e. The van der Waals surface area contributed by atoms with Crippen LogP contribution >= 0.6 is 24.0 Å². The van der Waals surface area contributed by atoms with Crippen molar-refractivity contribution in [3.05, 3.63) is 87.8 Å². The number of carbonyl (C=O) groups excluding carboxylic acids is 2. The van der Waals surface area contributed by atoms with E-state index in [0.717, 1.165) is 27.9 Å². The van der Waals surface area contributed by atoms with Crippen LogP contribution in [0.4, 0.5) is 5.69 Å². The Labute approximate surface area is 224 Å². The number of aryl methyl sites for hydroxylation is 2. The molecule has 37 heavy (non-hydrogen) atoms. The SMILES string of the molecule is Cc1cc(C)cc(NC(=O)COc2cccc(/C=C3\SC(=S)N(Cc4ccc5c(c4)OCO5)C3=O)c2)c1. The number of nitrogens with zero attached hydrogens (tertiary/aromatic N) is 1. The number of ether oxygens (including phenoxy) is 3. The third-order valence-electron chi connectivity index (χ3n) is 5.68. The highest BCUT2D eigenvalue weighted by Crippen LogP contribution is 2.36. The van der Waals surface area contributed by atoms with Crippen LogP contribution in [-0.4, -0.2) is 34.4 Å². The molecule has 0 atom stereocenters. The smallest absolute Gasteiger partial charge is 0.266 e. The topological polar surface area (TPSA) is 77.1 Å². The number of amides is 2. The Balaban J connectivity index is 1.21. The van der Waals surface area contributed by atoms with E-state index >= 15 is 0 Å². The van der Waals surface area contributed by atoms with Crippen molar-refractivity contribution in [1.29, 1.82) is 0 Å². The van der Waals surface area contributed by atoms with Gasteiger partial charge in [-0.05, 0) is 78.6 Å². The van der Waals surface area contributed by atoms with Crippen LogP contribution < -0.4 is 19.5 Å². The van der Waals surface area contributed by atoms with E-state index in [9.17, 15) is 9.59 Å². The molecule has 1 fully saturated rings. The van der Waals surface area contributed by atoms with E-state index in [1.165, 1.54) is 11.8 Å². The normalized spacial score (nSPS) is 15.4. The van der Waals surface area contributed by atoms with Gasteiger partial charge in [0.05, 0.1) is 11.4 Å². The maximum atomic E-state index is 13.1. The lowest BCUT2D eigenvalue weighted by Gasteiger charge is -2.14. The summed E-state index contributed by atoms with van der Waals surface area (Å²) in [5, 5.41) is 2.86. The second-order valence-electron chi connectivity index (χ2n) is 8.74. The van der Waals surface area contributed by atoms with Crippen molar-refractivity contribution in [3.8, 4) is 17.2 Å². The molecule has 0 aliphatic carbocycles. The lowest BCUT2D eigenvalue weighted by Crippen LogP contribution is -2.27. The minimum Gasteiger partial charge on any atom is -0.484 e. The van der Waals surface area contributed by atoms with E-state index in [2.05, 4.69) is 5.32 Å². The number of hydrogen-bond acceptors (Lipinski definition) is 7. The standard InChI is InChI=1S/C28H24N2O5S2/c1-17-8-18(2)10-21(9-17)29-26(31)15-33-22-5-3-4-19(11-22)13-25-27(32)30(28(36)37-25)14-20-6-7-23-24(12-20)35-16-34-23/h3-13H,14-16H2,1-2H3,(H,29,31)/b25-13-. The number of thioether (sulfide) groups is 1. The molecule has 0 radical (unpaired) electrons. The molecule has 0 unspecified atom stereocenters. The Morgan fingerprint density at radius 2 is 1.86 bits per heavy atom. The zero-order valence-electron chi connectivity index (χ0n) is 20.3. The number of carbonyl (C=O) groups is 2. The van der Waals surface area contributed by atoms with E-state index < -0.39 is 0 Å². The summed E-state index contributed by atoms with van der Waals surface area (Å²) in [5.41, 5.74) is 4.56. The Kier molecular flexibility index (Phi) is 7.16. The summed E-state index contributed by atoms with van der Waals surface area (Å²) < 4.78 is 17.0. The van der Waals surface area contributed by atoms with Crippen LogP contribution in [0, 0.1) is 13.8 Å². The van der Waals surface area contributed by atoms with Crippen LogP contribution in [0.25, 0.3) is 6.08 Å². The molecular weight excluding hydrogens is 508 g/mol. The summed E-state index contributed by atoms with van der Waals surface area (Å²) >= 11 is 6.73. The lowest BCUT2D eigenvalue weighted by molar-refractivity contribution is -0.122. The highest BCUT2D eigenvalue weighted by molar-refractivity contribution is 8.26. The molecule has 0 saturated carbocycles. The fraction of sp³-hybridized carbons (Fsp3) is 0.179. The summed E-state index contributed by atoms with van der Waals surface area (Å²) in [7, 11) is 0. The maximum absolute atomic E-state index is 13.1. The quantitative estimate of drug-likeness (QED) is 0.320. The average Bonchev–Trinajstić information content (AvgIpc) is 3.42. The molecule has 2 aliphatic heterocycles. The summed E-state index contributed by atoms with van der Waals surface area (Å²) in [4.78, 5) is 27.6. The number of anilines is 1.